The van der Waals surface area contributed by atoms with Gasteiger partial charge in [-0.05, 0) is 25.1 Å². The number of carbonyl (C=O) groups excluding carboxylic acids is 1. The predicted molar refractivity (Wildman–Crippen MR) is 113 cm³/mol. The van der Waals surface area contributed by atoms with Crippen LogP contribution >= 0.6 is 0 Å². The van der Waals surface area contributed by atoms with Crippen molar-refractivity contribution in [2.75, 3.05) is 40.5 Å². The van der Waals surface area contributed by atoms with E-state index in [1.165, 1.54) is 17.3 Å². The minimum absolute atomic E-state index is 0.0162. The quantitative estimate of drug-likeness (QED) is 0.687. The number of benzene rings is 1. The summed E-state index contributed by atoms with van der Waals surface area (Å²) in [7, 11) is -0.685. The lowest BCUT2D eigenvalue weighted by molar-refractivity contribution is -0.129. The Labute approximate surface area is 178 Å². The molecule has 166 valence electrons. The number of rotatable bonds is 5. The van der Waals surface area contributed by atoms with Crippen molar-refractivity contribution in [3.63, 3.8) is 0 Å². The van der Waals surface area contributed by atoms with E-state index in [4.69, 9.17) is 9.47 Å². The summed E-state index contributed by atoms with van der Waals surface area (Å²) in [4.78, 5) is 13.3. The number of nitrogens with zero attached hydrogens (tertiary/aromatic N) is 2. The third-order valence-electron chi connectivity index (χ3n) is 5.11. The smallest absolute Gasteiger partial charge is 0.247 e. The summed E-state index contributed by atoms with van der Waals surface area (Å²) in [5, 5.41) is 9.64. The lowest BCUT2D eigenvalue weighted by Gasteiger charge is -2.37. The number of aliphatic hydroxyl groups is 1. The third-order valence-corrected chi connectivity index (χ3v) is 7.13. The van der Waals surface area contributed by atoms with E-state index in [9.17, 15) is 18.3 Å². The van der Waals surface area contributed by atoms with Crippen molar-refractivity contribution in [2.45, 2.75) is 37.8 Å². The first kappa shape index (κ1) is 24.2. The molecule has 0 radical (unpaired) electrons. The number of sulfonamides is 1. The van der Waals surface area contributed by atoms with E-state index in [0.717, 1.165) is 0 Å². The van der Waals surface area contributed by atoms with Crippen molar-refractivity contribution in [1.29, 1.82) is 0 Å². The van der Waals surface area contributed by atoms with Gasteiger partial charge in [0, 0.05) is 45.1 Å². The average molecular weight is 439 g/mol. The zero-order chi connectivity index (χ0) is 22.5. The Hall–Kier alpha value is -2.12. The summed E-state index contributed by atoms with van der Waals surface area (Å²) < 4.78 is 39.1. The molecule has 0 aliphatic carbocycles. The maximum Gasteiger partial charge on any atom is 0.247 e. The van der Waals surface area contributed by atoms with Gasteiger partial charge < -0.3 is 19.5 Å². The van der Waals surface area contributed by atoms with Crippen LogP contribution in [0.1, 0.15) is 26.3 Å². The summed E-state index contributed by atoms with van der Waals surface area (Å²) in [6, 6.07) is 4.08. The molecule has 1 heterocycles. The highest BCUT2D eigenvalue weighted by Gasteiger charge is 2.38. The predicted octanol–water partition coefficient (Wildman–Crippen LogP) is 0.931. The maximum absolute atomic E-state index is 13.3. The van der Waals surface area contributed by atoms with E-state index in [0.29, 0.717) is 12.1 Å². The zero-order valence-electron chi connectivity index (χ0n) is 18.1. The Morgan fingerprint density at radius 2 is 2.17 bits per heavy atom. The second-order valence-corrected chi connectivity index (χ2v) is 9.39. The van der Waals surface area contributed by atoms with E-state index in [-0.39, 0.29) is 42.2 Å². The van der Waals surface area contributed by atoms with Crippen LogP contribution in [0.4, 0.5) is 0 Å². The molecule has 0 fully saturated rings. The van der Waals surface area contributed by atoms with Crippen molar-refractivity contribution < 1.29 is 27.8 Å². The fourth-order valence-corrected chi connectivity index (χ4v) is 4.96. The summed E-state index contributed by atoms with van der Waals surface area (Å²) in [5.41, 5.74) is 0.592. The third kappa shape index (κ3) is 5.52. The van der Waals surface area contributed by atoms with Crippen molar-refractivity contribution in [3.8, 4) is 17.6 Å². The van der Waals surface area contributed by atoms with Gasteiger partial charge in [0.2, 0.25) is 15.9 Å². The van der Waals surface area contributed by atoms with Crippen LogP contribution in [0, 0.1) is 17.8 Å². The standard InChI is InChI=1S/C21H30N2O6S/c1-15-12-23(16(2)14-24)30(26,27)21-9-8-18(7-6-10-28-5)11-19(21)29-20(15)13-22(4)17(3)25/h8-9,11,15-16,20,24H,10,12-14H2,1-5H3/t15-,16-,20-/m1/s1. The van der Waals surface area contributed by atoms with Gasteiger partial charge in [-0.1, -0.05) is 18.8 Å². The molecule has 1 aromatic carbocycles. The van der Waals surface area contributed by atoms with Crippen LogP contribution in [0.2, 0.25) is 0 Å². The first-order valence-corrected chi connectivity index (χ1v) is 11.2. The fourth-order valence-electron chi connectivity index (χ4n) is 3.13. The summed E-state index contributed by atoms with van der Waals surface area (Å²) in [5.74, 6) is 5.60. The van der Waals surface area contributed by atoms with Gasteiger partial charge in [0.15, 0.2) is 0 Å². The van der Waals surface area contributed by atoms with Gasteiger partial charge in [0.25, 0.3) is 0 Å². The molecule has 2 rings (SSSR count). The van der Waals surface area contributed by atoms with Crippen LogP contribution in [0.5, 0.6) is 5.75 Å². The number of carbonyl (C=O) groups is 1. The summed E-state index contributed by atoms with van der Waals surface area (Å²) in [6.45, 7) is 5.41. The zero-order valence-corrected chi connectivity index (χ0v) is 18.9. The largest absolute Gasteiger partial charge is 0.487 e. The Balaban J connectivity index is 2.57. The Morgan fingerprint density at radius 1 is 1.47 bits per heavy atom. The van der Waals surface area contributed by atoms with Crippen LogP contribution in [0.3, 0.4) is 0 Å². The number of amides is 1. The van der Waals surface area contributed by atoms with Crippen LogP contribution in [0.15, 0.2) is 23.1 Å². The van der Waals surface area contributed by atoms with Crippen molar-refractivity contribution in [1.82, 2.24) is 9.21 Å². The molecule has 0 unspecified atom stereocenters. The van der Waals surface area contributed by atoms with Gasteiger partial charge in [-0.25, -0.2) is 8.42 Å². The van der Waals surface area contributed by atoms with Gasteiger partial charge in [0.1, 0.15) is 23.4 Å². The molecule has 0 bridgehead atoms. The highest BCUT2D eigenvalue weighted by molar-refractivity contribution is 7.89. The number of methoxy groups -OCH3 is 1. The molecule has 1 N–H and O–H groups in total. The number of hydrogen-bond acceptors (Lipinski definition) is 6. The lowest BCUT2D eigenvalue weighted by Crippen LogP contribution is -2.50. The SMILES string of the molecule is COCC#Cc1ccc2c(c1)O[C@H](CN(C)C(C)=O)[C@H](C)CN([C@H](C)CO)S2(=O)=O. The Kier molecular flexibility index (Phi) is 8.26. The minimum Gasteiger partial charge on any atom is -0.487 e. The molecular formula is C21H30N2O6S. The average Bonchev–Trinajstić information content (AvgIpc) is 2.70. The minimum atomic E-state index is -3.90. The Bertz CT molecular complexity index is 921. The summed E-state index contributed by atoms with van der Waals surface area (Å²) >= 11 is 0. The van der Waals surface area contributed by atoms with Gasteiger partial charge in [-0.3, -0.25) is 4.79 Å². The van der Waals surface area contributed by atoms with Gasteiger partial charge in [-0.2, -0.15) is 4.31 Å². The molecule has 1 aliphatic rings. The molecule has 9 heteroatoms. The van der Waals surface area contributed by atoms with Gasteiger partial charge in [-0.15, -0.1) is 0 Å². The van der Waals surface area contributed by atoms with Gasteiger partial charge in [0.05, 0.1) is 13.2 Å². The molecule has 1 aromatic rings. The van der Waals surface area contributed by atoms with E-state index in [1.54, 1.807) is 38.1 Å². The Morgan fingerprint density at radius 3 is 2.77 bits per heavy atom. The second kappa shape index (κ2) is 10.3. The number of hydrogen-bond donors (Lipinski definition) is 1. The fraction of sp³-hybridized carbons (Fsp3) is 0.571. The molecule has 30 heavy (non-hydrogen) atoms. The first-order chi connectivity index (χ1) is 14.1. The number of ether oxygens (including phenoxy) is 2. The van der Waals surface area contributed by atoms with E-state index >= 15 is 0 Å². The highest BCUT2D eigenvalue weighted by Crippen LogP contribution is 2.34. The van der Waals surface area contributed by atoms with Crippen molar-refractivity contribution in [2.24, 2.45) is 5.92 Å². The number of likely N-dealkylation sites (N-methyl/N-ethyl adjacent to an activating group) is 1. The topological polar surface area (TPSA) is 96.4 Å². The molecule has 3 atom stereocenters. The molecule has 0 spiro atoms. The molecule has 1 amide bonds. The lowest BCUT2D eigenvalue weighted by atomic mass is 10.0. The monoisotopic (exact) mass is 438 g/mol. The number of aliphatic hydroxyl groups excluding tert-OH is 1. The summed E-state index contributed by atoms with van der Waals surface area (Å²) in [6.07, 6.45) is -0.441. The maximum atomic E-state index is 13.3. The van der Waals surface area contributed by atoms with Crippen LogP contribution in [-0.2, 0) is 19.6 Å². The first-order valence-electron chi connectivity index (χ1n) is 9.74. The van der Waals surface area contributed by atoms with Crippen LogP contribution in [-0.4, -0.2) is 81.2 Å². The molecule has 1 aliphatic heterocycles. The van der Waals surface area contributed by atoms with Gasteiger partial charge >= 0.3 is 0 Å². The van der Waals surface area contributed by atoms with Crippen LogP contribution in [0.25, 0.3) is 0 Å². The molecular weight excluding hydrogens is 408 g/mol. The molecule has 8 nitrogen and oxygen atoms in total. The highest BCUT2D eigenvalue weighted by atomic mass is 32.2. The normalized spacial score (nSPS) is 21.8. The van der Waals surface area contributed by atoms with E-state index < -0.39 is 22.2 Å². The van der Waals surface area contributed by atoms with Crippen molar-refractivity contribution in [3.05, 3.63) is 23.8 Å². The second-order valence-electron chi connectivity index (χ2n) is 7.54. The van der Waals surface area contributed by atoms with Crippen LogP contribution < -0.4 is 4.74 Å². The number of fused-ring (bicyclic) bond motifs is 1. The van der Waals surface area contributed by atoms with E-state index in [1.807, 2.05) is 6.92 Å². The molecule has 0 saturated heterocycles. The molecule has 0 saturated carbocycles. The van der Waals surface area contributed by atoms with Crippen molar-refractivity contribution >= 4 is 15.9 Å². The van der Waals surface area contributed by atoms with E-state index in [2.05, 4.69) is 11.8 Å². The molecule has 0 aromatic heterocycles.